The average Bonchev–Trinajstić information content (AvgIpc) is 2.89. The van der Waals surface area contributed by atoms with E-state index in [2.05, 4.69) is 10.3 Å². The van der Waals surface area contributed by atoms with Gasteiger partial charge in [0.25, 0.3) is 0 Å². The number of hydrogen-bond acceptors (Lipinski definition) is 4. The number of thiazole rings is 1. The largest absolute Gasteiger partial charge is 0.346 e. The van der Waals surface area contributed by atoms with E-state index < -0.39 is 6.04 Å². The predicted octanol–water partition coefficient (Wildman–Crippen LogP) is 2.33. The Morgan fingerprint density at radius 2 is 2.00 bits per heavy atom. The van der Waals surface area contributed by atoms with Crippen LogP contribution in [0.1, 0.15) is 24.9 Å². The van der Waals surface area contributed by atoms with Gasteiger partial charge in [0.1, 0.15) is 5.01 Å². The van der Waals surface area contributed by atoms with Crippen molar-refractivity contribution < 1.29 is 4.79 Å². The molecule has 0 bridgehead atoms. The maximum atomic E-state index is 11.5. The van der Waals surface area contributed by atoms with Gasteiger partial charge in [0, 0.05) is 10.9 Å². The lowest BCUT2D eigenvalue weighted by Gasteiger charge is -2.12. The van der Waals surface area contributed by atoms with Gasteiger partial charge in [-0.05, 0) is 13.8 Å². The third kappa shape index (κ3) is 3.39. The Kier molecular flexibility index (Phi) is 4.29. The van der Waals surface area contributed by atoms with Crippen LogP contribution in [0.15, 0.2) is 35.7 Å². The average molecular weight is 275 g/mol. The molecule has 19 heavy (non-hydrogen) atoms. The summed E-state index contributed by atoms with van der Waals surface area (Å²) in [6.45, 7) is 3.58. The normalized spacial score (nSPS) is 13.8. The molecule has 0 aliphatic carbocycles. The molecule has 0 aliphatic rings. The fraction of sp³-hybridized carbons (Fsp3) is 0.286. The van der Waals surface area contributed by atoms with Crippen LogP contribution in [0.4, 0.5) is 0 Å². The van der Waals surface area contributed by atoms with Gasteiger partial charge < -0.3 is 11.1 Å². The lowest BCUT2D eigenvalue weighted by molar-refractivity contribution is -0.122. The molecule has 1 heterocycles. The van der Waals surface area contributed by atoms with Gasteiger partial charge in [-0.2, -0.15) is 0 Å². The minimum absolute atomic E-state index is 0.124. The second kappa shape index (κ2) is 5.95. The highest BCUT2D eigenvalue weighted by Gasteiger charge is 2.15. The van der Waals surface area contributed by atoms with Crippen molar-refractivity contribution in [3.8, 4) is 11.3 Å². The van der Waals surface area contributed by atoms with Crippen molar-refractivity contribution in [2.75, 3.05) is 0 Å². The Morgan fingerprint density at radius 3 is 2.63 bits per heavy atom. The molecule has 3 N–H and O–H groups in total. The van der Waals surface area contributed by atoms with Gasteiger partial charge in [0.05, 0.1) is 17.8 Å². The minimum atomic E-state index is -0.504. The Balaban J connectivity index is 2.11. The lowest BCUT2D eigenvalue weighted by atomic mass is 10.2. The van der Waals surface area contributed by atoms with E-state index in [9.17, 15) is 4.79 Å². The topological polar surface area (TPSA) is 68.0 Å². The third-order valence-electron chi connectivity index (χ3n) is 2.73. The maximum absolute atomic E-state index is 11.5. The van der Waals surface area contributed by atoms with Gasteiger partial charge in [-0.25, -0.2) is 4.98 Å². The number of amides is 1. The molecular weight excluding hydrogens is 258 g/mol. The zero-order valence-electron chi connectivity index (χ0n) is 11.0. The molecule has 100 valence electrons. The molecule has 2 rings (SSSR count). The molecule has 5 heteroatoms. The number of carbonyl (C=O) groups is 1. The molecule has 1 aromatic heterocycles. The van der Waals surface area contributed by atoms with Gasteiger partial charge in [0.15, 0.2) is 0 Å². The molecule has 4 nitrogen and oxygen atoms in total. The number of nitrogens with zero attached hydrogens (tertiary/aromatic N) is 1. The van der Waals surface area contributed by atoms with E-state index in [1.165, 1.54) is 11.3 Å². The van der Waals surface area contributed by atoms with Gasteiger partial charge in [-0.15, -0.1) is 11.3 Å². The lowest BCUT2D eigenvalue weighted by Crippen LogP contribution is -2.39. The Hall–Kier alpha value is -1.72. The van der Waals surface area contributed by atoms with Crippen LogP contribution in [-0.2, 0) is 4.79 Å². The highest BCUT2D eigenvalue weighted by Crippen LogP contribution is 2.25. The van der Waals surface area contributed by atoms with Crippen molar-refractivity contribution >= 4 is 17.2 Å². The van der Waals surface area contributed by atoms with Gasteiger partial charge in [-0.3, -0.25) is 4.79 Å². The molecule has 1 amide bonds. The Bertz CT molecular complexity index is 551. The maximum Gasteiger partial charge on any atom is 0.237 e. The van der Waals surface area contributed by atoms with E-state index >= 15 is 0 Å². The van der Waals surface area contributed by atoms with E-state index in [1.807, 2.05) is 42.6 Å². The zero-order chi connectivity index (χ0) is 13.8. The smallest absolute Gasteiger partial charge is 0.237 e. The number of benzene rings is 1. The van der Waals surface area contributed by atoms with Crippen LogP contribution in [0.3, 0.4) is 0 Å². The minimum Gasteiger partial charge on any atom is -0.346 e. The number of nitrogens with one attached hydrogen (secondary N) is 1. The monoisotopic (exact) mass is 275 g/mol. The van der Waals surface area contributed by atoms with E-state index in [-0.39, 0.29) is 11.9 Å². The molecule has 1 aromatic carbocycles. The Morgan fingerprint density at radius 1 is 1.32 bits per heavy atom. The van der Waals surface area contributed by atoms with Crippen LogP contribution in [0.25, 0.3) is 11.3 Å². The summed E-state index contributed by atoms with van der Waals surface area (Å²) in [7, 11) is 0. The van der Waals surface area contributed by atoms with Gasteiger partial charge in [-0.1, -0.05) is 30.3 Å². The first-order valence-corrected chi connectivity index (χ1v) is 7.02. The Labute approximate surface area is 116 Å². The zero-order valence-corrected chi connectivity index (χ0v) is 11.8. The summed E-state index contributed by atoms with van der Waals surface area (Å²) in [6, 6.07) is 9.35. The highest BCUT2D eigenvalue weighted by molar-refractivity contribution is 7.10. The molecule has 2 aromatic rings. The molecule has 0 radical (unpaired) electrons. The molecule has 0 fully saturated rings. The summed E-state index contributed by atoms with van der Waals surface area (Å²) in [4.78, 5) is 16.1. The quantitative estimate of drug-likeness (QED) is 0.900. The summed E-state index contributed by atoms with van der Waals surface area (Å²) < 4.78 is 0. The molecule has 0 saturated carbocycles. The number of hydrogen-bond donors (Lipinski definition) is 2. The van der Waals surface area contributed by atoms with E-state index in [1.54, 1.807) is 6.92 Å². The van der Waals surface area contributed by atoms with Crippen LogP contribution in [0, 0.1) is 0 Å². The van der Waals surface area contributed by atoms with Crippen molar-refractivity contribution in [1.29, 1.82) is 0 Å². The van der Waals surface area contributed by atoms with Crippen molar-refractivity contribution in [2.45, 2.75) is 25.9 Å². The van der Waals surface area contributed by atoms with Crippen LogP contribution in [0.2, 0.25) is 0 Å². The van der Waals surface area contributed by atoms with E-state index in [0.717, 1.165) is 16.3 Å². The summed E-state index contributed by atoms with van der Waals surface area (Å²) >= 11 is 1.54. The third-order valence-corrected chi connectivity index (χ3v) is 3.76. The van der Waals surface area contributed by atoms with E-state index in [4.69, 9.17) is 5.73 Å². The first kappa shape index (κ1) is 13.7. The van der Waals surface area contributed by atoms with Gasteiger partial charge >= 0.3 is 0 Å². The number of nitrogens with two attached hydrogens (primary N) is 1. The molecule has 0 saturated heterocycles. The second-order valence-corrected chi connectivity index (χ2v) is 5.35. The molecule has 0 aliphatic heterocycles. The molecular formula is C14H17N3OS. The summed E-state index contributed by atoms with van der Waals surface area (Å²) in [6.07, 6.45) is 0. The van der Waals surface area contributed by atoms with Crippen LogP contribution < -0.4 is 11.1 Å². The van der Waals surface area contributed by atoms with Crippen LogP contribution >= 0.6 is 11.3 Å². The summed E-state index contributed by atoms with van der Waals surface area (Å²) in [5.74, 6) is -0.163. The first-order valence-electron chi connectivity index (χ1n) is 6.14. The second-order valence-electron chi connectivity index (χ2n) is 4.46. The van der Waals surface area contributed by atoms with Gasteiger partial charge in [0.2, 0.25) is 5.91 Å². The SMILES string of the molecule is CC(NC(=O)[C@@H](C)N)c1nc(-c2ccccc2)cs1. The standard InChI is InChI=1S/C14H17N3OS/c1-9(15)13(18)16-10(2)14-17-12(8-19-14)11-6-4-3-5-7-11/h3-10H,15H2,1-2H3,(H,16,18)/t9-,10?/m1/s1. The van der Waals surface area contributed by atoms with Crippen LogP contribution in [-0.4, -0.2) is 16.9 Å². The fourth-order valence-corrected chi connectivity index (χ4v) is 2.47. The van der Waals surface area contributed by atoms with Crippen molar-refractivity contribution in [1.82, 2.24) is 10.3 Å². The highest BCUT2D eigenvalue weighted by atomic mass is 32.1. The van der Waals surface area contributed by atoms with Crippen molar-refractivity contribution in [3.05, 3.63) is 40.7 Å². The number of carbonyl (C=O) groups excluding carboxylic acids is 1. The summed E-state index contributed by atoms with van der Waals surface area (Å²) in [5.41, 5.74) is 7.54. The predicted molar refractivity (Wildman–Crippen MR) is 77.8 cm³/mol. The summed E-state index contributed by atoms with van der Waals surface area (Å²) in [5, 5.41) is 5.73. The van der Waals surface area contributed by atoms with Crippen molar-refractivity contribution in [2.24, 2.45) is 5.73 Å². The molecule has 0 spiro atoms. The molecule has 2 atom stereocenters. The first-order chi connectivity index (χ1) is 9.08. The number of aromatic nitrogens is 1. The molecule has 1 unspecified atom stereocenters. The fourth-order valence-electron chi connectivity index (χ4n) is 1.63. The number of rotatable bonds is 4. The van der Waals surface area contributed by atoms with Crippen LogP contribution in [0.5, 0.6) is 0 Å². The van der Waals surface area contributed by atoms with Crippen molar-refractivity contribution in [3.63, 3.8) is 0 Å². The van der Waals surface area contributed by atoms with E-state index in [0.29, 0.717) is 0 Å².